The minimum absolute atomic E-state index is 0.151. The highest BCUT2D eigenvalue weighted by molar-refractivity contribution is 5.77. The summed E-state index contributed by atoms with van der Waals surface area (Å²) in [4.78, 5) is 0. The van der Waals surface area contributed by atoms with Crippen molar-refractivity contribution < 1.29 is 9.47 Å². The molecule has 0 heterocycles. The molecule has 20 heavy (non-hydrogen) atoms. The number of hydrogen-bond acceptors (Lipinski definition) is 6. The van der Waals surface area contributed by atoms with Gasteiger partial charge >= 0.3 is 0 Å². The maximum absolute atomic E-state index is 8.92. The van der Waals surface area contributed by atoms with Crippen LogP contribution < -0.4 is 19.9 Å². The quantitative estimate of drug-likeness (QED) is 0.748. The van der Waals surface area contributed by atoms with Crippen molar-refractivity contribution in [1.29, 1.82) is 21.0 Å². The first-order valence-electron chi connectivity index (χ1n) is 5.27. The standard InChI is InChI=1S/C14H8N4O2/c1-19-13-3-12(10(7-17)8-18)14(20-2)4-11(13)9(5-15)6-16/h3-4H,1-2H3. The second kappa shape index (κ2) is 6.45. The zero-order chi connectivity index (χ0) is 15.1. The molecule has 0 amide bonds. The number of ether oxygens (including phenoxy) is 2. The van der Waals surface area contributed by atoms with Crippen LogP contribution in [0, 0.1) is 45.3 Å². The summed E-state index contributed by atoms with van der Waals surface area (Å²) in [5, 5.41) is 36.2. The summed E-state index contributed by atoms with van der Waals surface area (Å²) in [5.74, 6) is 0.420. The summed E-state index contributed by atoms with van der Waals surface area (Å²) in [6.45, 7) is 0. The van der Waals surface area contributed by atoms with Crippen molar-refractivity contribution in [3.05, 3.63) is 22.6 Å². The molecule has 0 spiro atoms. The molecule has 0 aliphatic carbocycles. The van der Waals surface area contributed by atoms with Crippen LogP contribution in [-0.4, -0.2) is 14.2 Å². The highest BCUT2D eigenvalue weighted by atomic mass is 16.5. The van der Waals surface area contributed by atoms with Gasteiger partial charge in [0.05, 0.1) is 14.2 Å². The van der Waals surface area contributed by atoms with Crippen molar-refractivity contribution in [1.82, 2.24) is 0 Å². The number of rotatable bonds is 2. The summed E-state index contributed by atoms with van der Waals surface area (Å²) in [5.41, 5.74) is -0.302. The first-order valence-corrected chi connectivity index (χ1v) is 5.27. The lowest BCUT2D eigenvalue weighted by molar-refractivity contribution is 0.397. The maximum atomic E-state index is 8.92. The molecule has 0 unspecified atom stereocenters. The van der Waals surface area contributed by atoms with E-state index in [9.17, 15) is 0 Å². The predicted molar refractivity (Wildman–Crippen MR) is 68.1 cm³/mol. The lowest BCUT2D eigenvalue weighted by atomic mass is 10.1. The molecule has 6 heteroatoms. The predicted octanol–water partition coefficient (Wildman–Crippen LogP) is 0.0995. The van der Waals surface area contributed by atoms with Crippen LogP contribution in [0.4, 0.5) is 0 Å². The third-order valence-electron chi connectivity index (χ3n) is 2.51. The molecule has 0 saturated carbocycles. The first kappa shape index (κ1) is 14.6. The van der Waals surface area contributed by atoms with Crippen LogP contribution in [-0.2, 0) is 0 Å². The van der Waals surface area contributed by atoms with Crippen LogP contribution in [0.5, 0.6) is 11.5 Å². The van der Waals surface area contributed by atoms with Gasteiger partial charge in [-0.15, -0.1) is 0 Å². The van der Waals surface area contributed by atoms with E-state index in [1.54, 1.807) is 24.3 Å². The Balaban J connectivity index is 4.06. The van der Waals surface area contributed by atoms with E-state index in [2.05, 4.69) is 0 Å². The fourth-order valence-corrected chi connectivity index (χ4v) is 1.58. The Hall–Kier alpha value is -3.48. The van der Waals surface area contributed by atoms with E-state index < -0.39 is 0 Å². The molecule has 0 aromatic heterocycles. The summed E-state index contributed by atoms with van der Waals surface area (Å²) >= 11 is 0. The van der Waals surface area contributed by atoms with Gasteiger partial charge in [-0.3, -0.25) is 0 Å². The summed E-state index contributed by atoms with van der Waals surface area (Å²) in [6, 6.07) is 9.80. The molecular formula is C14H8N4O2. The maximum Gasteiger partial charge on any atom is 0.140 e. The van der Waals surface area contributed by atoms with Crippen LogP contribution in [0.2, 0.25) is 0 Å². The van der Waals surface area contributed by atoms with E-state index in [1.807, 2.05) is 0 Å². The average Bonchev–Trinajstić information content (AvgIpc) is 2.50. The monoisotopic (exact) mass is 264 g/mol. The molecule has 0 atom stereocenters. The van der Waals surface area contributed by atoms with E-state index in [-0.39, 0.29) is 33.1 Å². The van der Waals surface area contributed by atoms with E-state index in [0.29, 0.717) is 0 Å². The van der Waals surface area contributed by atoms with Crippen molar-refractivity contribution in [3.63, 3.8) is 0 Å². The van der Waals surface area contributed by atoms with Gasteiger partial charge in [0, 0.05) is 10.4 Å². The third kappa shape index (κ3) is 2.51. The molecule has 0 aliphatic rings. The Labute approximate surface area is 115 Å². The lowest BCUT2D eigenvalue weighted by Crippen LogP contribution is -2.18. The first-order chi connectivity index (χ1) is 9.66. The Morgan fingerprint density at radius 3 is 1.25 bits per heavy atom. The molecule has 1 rings (SSSR count). The summed E-state index contributed by atoms with van der Waals surface area (Å²) in [7, 11) is 2.72. The van der Waals surface area contributed by atoms with Gasteiger partial charge in [-0.05, 0) is 12.1 Å². The fourth-order valence-electron chi connectivity index (χ4n) is 1.58. The van der Waals surface area contributed by atoms with Crippen LogP contribution in [0.3, 0.4) is 0 Å². The number of methoxy groups -OCH3 is 2. The highest BCUT2D eigenvalue weighted by Gasteiger charge is 2.09. The zero-order valence-corrected chi connectivity index (χ0v) is 10.8. The van der Waals surface area contributed by atoms with E-state index in [4.69, 9.17) is 30.5 Å². The van der Waals surface area contributed by atoms with Gasteiger partial charge in [0.1, 0.15) is 46.9 Å². The number of nitrogens with zero attached hydrogens (tertiary/aromatic N) is 4. The topological polar surface area (TPSA) is 114 Å². The van der Waals surface area contributed by atoms with E-state index in [0.717, 1.165) is 0 Å². The van der Waals surface area contributed by atoms with E-state index >= 15 is 0 Å². The molecule has 0 aliphatic heterocycles. The van der Waals surface area contributed by atoms with Crippen LogP contribution in [0.25, 0.3) is 11.1 Å². The van der Waals surface area contributed by atoms with Crippen molar-refractivity contribution in [2.24, 2.45) is 0 Å². The molecule has 1 aromatic rings. The minimum Gasteiger partial charge on any atom is -0.496 e. The molecule has 0 fully saturated rings. The largest absolute Gasteiger partial charge is 0.496 e. The van der Waals surface area contributed by atoms with Gasteiger partial charge in [-0.25, -0.2) is 0 Å². The second-order valence-electron chi connectivity index (χ2n) is 3.45. The normalized spacial score (nSPS) is 8.30. The Bertz CT molecular complexity index is 723. The molecular weight excluding hydrogens is 256 g/mol. The average molecular weight is 264 g/mol. The lowest BCUT2D eigenvalue weighted by Gasteiger charge is -2.06. The molecule has 0 saturated heterocycles. The van der Waals surface area contributed by atoms with Crippen molar-refractivity contribution >= 4 is 11.1 Å². The molecule has 1 aromatic carbocycles. The van der Waals surface area contributed by atoms with Crippen molar-refractivity contribution in [2.75, 3.05) is 14.2 Å². The summed E-state index contributed by atoms with van der Waals surface area (Å²) < 4.78 is 10.2. The van der Waals surface area contributed by atoms with Gasteiger partial charge in [-0.2, -0.15) is 21.0 Å². The van der Waals surface area contributed by atoms with Crippen molar-refractivity contribution in [2.45, 2.75) is 0 Å². The third-order valence-corrected chi connectivity index (χ3v) is 2.51. The molecule has 0 bridgehead atoms. The molecule has 96 valence electrons. The van der Waals surface area contributed by atoms with Gasteiger partial charge in [0.15, 0.2) is 0 Å². The highest BCUT2D eigenvalue weighted by Crippen LogP contribution is 2.09. The summed E-state index contributed by atoms with van der Waals surface area (Å²) in [6.07, 6.45) is 0. The van der Waals surface area contributed by atoms with E-state index in [1.165, 1.54) is 26.4 Å². The van der Waals surface area contributed by atoms with Gasteiger partial charge < -0.3 is 9.47 Å². The smallest absolute Gasteiger partial charge is 0.140 e. The molecule has 6 nitrogen and oxygen atoms in total. The Morgan fingerprint density at radius 2 is 1.05 bits per heavy atom. The second-order valence-corrected chi connectivity index (χ2v) is 3.45. The number of benzene rings is 1. The van der Waals surface area contributed by atoms with Crippen LogP contribution in [0.1, 0.15) is 0 Å². The Morgan fingerprint density at radius 1 is 0.750 bits per heavy atom. The van der Waals surface area contributed by atoms with Crippen molar-refractivity contribution in [3.8, 4) is 35.8 Å². The number of hydrogen-bond donors (Lipinski definition) is 0. The van der Waals surface area contributed by atoms with Crippen LogP contribution in [0.15, 0.2) is 12.1 Å². The molecule has 0 N–H and O–H groups in total. The zero-order valence-electron chi connectivity index (χ0n) is 10.8. The van der Waals surface area contributed by atoms with Crippen LogP contribution >= 0.6 is 0 Å². The van der Waals surface area contributed by atoms with Gasteiger partial charge in [-0.1, -0.05) is 0 Å². The Kier molecular flexibility index (Phi) is 4.70. The van der Waals surface area contributed by atoms with Gasteiger partial charge in [0.2, 0.25) is 0 Å². The minimum atomic E-state index is -0.151. The van der Waals surface area contributed by atoms with Gasteiger partial charge in [0.25, 0.3) is 0 Å². The SMILES string of the molecule is COc1cc(=C(C#N)C#N)c(OC)cc1=C(C#N)C#N. The fraction of sp³-hybridized carbons (Fsp3) is 0.143. The molecule has 0 radical (unpaired) electrons. The number of nitriles is 4.